The Morgan fingerprint density at radius 1 is 1.35 bits per heavy atom. The van der Waals surface area contributed by atoms with Gasteiger partial charge in [0.1, 0.15) is 0 Å². The summed E-state index contributed by atoms with van der Waals surface area (Å²) in [6.45, 7) is 2.78. The zero-order valence-corrected chi connectivity index (χ0v) is 11.5. The maximum absolute atomic E-state index is 11.9. The SMILES string of the molecule is CC(N)CCN(C)C(=O)CCC1CCCCC1. The molecule has 1 aliphatic rings. The zero-order chi connectivity index (χ0) is 12.7. The van der Waals surface area contributed by atoms with Gasteiger partial charge >= 0.3 is 0 Å². The van der Waals surface area contributed by atoms with E-state index in [9.17, 15) is 4.79 Å². The van der Waals surface area contributed by atoms with E-state index in [0.717, 1.165) is 31.7 Å². The molecule has 1 amide bonds. The van der Waals surface area contributed by atoms with E-state index in [1.165, 1.54) is 32.1 Å². The van der Waals surface area contributed by atoms with Gasteiger partial charge in [0.15, 0.2) is 0 Å². The Hall–Kier alpha value is -0.570. The second kappa shape index (κ2) is 7.70. The third-order valence-electron chi connectivity index (χ3n) is 3.84. The first kappa shape index (κ1) is 14.5. The lowest BCUT2D eigenvalue weighted by Crippen LogP contribution is -2.31. The monoisotopic (exact) mass is 240 g/mol. The van der Waals surface area contributed by atoms with Crippen molar-refractivity contribution in [2.75, 3.05) is 13.6 Å². The van der Waals surface area contributed by atoms with Gasteiger partial charge in [-0.1, -0.05) is 32.1 Å². The van der Waals surface area contributed by atoms with E-state index < -0.39 is 0 Å². The predicted octanol–water partition coefficient (Wildman–Crippen LogP) is 2.54. The number of hydrogen-bond donors (Lipinski definition) is 1. The highest BCUT2D eigenvalue weighted by Crippen LogP contribution is 2.27. The molecule has 0 aromatic carbocycles. The highest BCUT2D eigenvalue weighted by atomic mass is 16.2. The van der Waals surface area contributed by atoms with Crippen molar-refractivity contribution in [1.82, 2.24) is 4.90 Å². The third kappa shape index (κ3) is 6.06. The molecule has 0 spiro atoms. The number of amides is 1. The average Bonchev–Trinajstić information content (AvgIpc) is 2.34. The predicted molar refractivity (Wildman–Crippen MR) is 71.7 cm³/mol. The summed E-state index contributed by atoms with van der Waals surface area (Å²) in [6, 6.07) is 0.184. The lowest BCUT2D eigenvalue weighted by Gasteiger charge is -2.23. The zero-order valence-electron chi connectivity index (χ0n) is 11.5. The molecule has 0 heterocycles. The van der Waals surface area contributed by atoms with Gasteiger partial charge < -0.3 is 10.6 Å². The molecule has 0 aromatic heterocycles. The summed E-state index contributed by atoms with van der Waals surface area (Å²) in [6.07, 6.45) is 9.47. The summed E-state index contributed by atoms with van der Waals surface area (Å²) < 4.78 is 0. The van der Waals surface area contributed by atoms with Gasteiger partial charge in [0.25, 0.3) is 0 Å². The number of rotatable bonds is 6. The average molecular weight is 240 g/mol. The largest absolute Gasteiger partial charge is 0.346 e. The minimum Gasteiger partial charge on any atom is -0.346 e. The van der Waals surface area contributed by atoms with E-state index in [-0.39, 0.29) is 11.9 Å². The van der Waals surface area contributed by atoms with Crippen LogP contribution in [0.3, 0.4) is 0 Å². The minimum atomic E-state index is 0.184. The fourth-order valence-corrected chi connectivity index (χ4v) is 2.52. The van der Waals surface area contributed by atoms with Gasteiger partial charge in [-0.05, 0) is 25.7 Å². The number of hydrogen-bond acceptors (Lipinski definition) is 2. The van der Waals surface area contributed by atoms with Crippen molar-refractivity contribution in [2.24, 2.45) is 11.7 Å². The van der Waals surface area contributed by atoms with Crippen LogP contribution in [0, 0.1) is 5.92 Å². The fraction of sp³-hybridized carbons (Fsp3) is 0.929. The molecule has 0 aromatic rings. The van der Waals surface area contributed by atoms with E-state index in [0.29, 0.717) is 0 Å². The Balaban J connectivity index is 2.14. The van der Waals surface area contributed by atoms with Gasteiger partial charge in [0.2, 0.25) is 5.91 Å². The second-order valence-corrected chi connectivity index (χ2v) is 5.62. The van der Waals surface area contributed by atoms with Crippen LogP contribution in [0.2, 0.25) is 0 Å². The Labute approximate surface area is 106 Å². The van der Waals surface area contributed by atoms with E-state index in [1.54, 1.807) is 0 Å². The summed E-state index contributed by atoms with van der Waals surface area (Å²) in [5.41, 5.74) is 5.69. The second-order valence-electron chi connectivity index (χ2n) is 5.62. The first-order chi connectivity index (χ1) is 8.09. The lowest BCUT2D eigenvalue weighted by atomic mass is 9.86. The van der Waals surface area contributed by atoms with Gasteiger partial charge in [0.05, 0.1) is 0 Å². The van der Waals surface area contributed by atoms with Crippen molar-refractivity contribution in [3.8, 4) is 0 Å². The van der Waals surface area contributed by atoms with Crippen molar-refractivity contribution in [3.63, 3.8) is 0 Å². The van der Waals surface area contributed by atoms with Crippen LogP contribution in [0.4, 0.5) is 0 Å². The maximum atomic E-state index is 11.9. The van der Waals surface area contributed by atoms with Crippen LogP contribution in [-0.4, -0.2) is 30.4 Å². The van der Waals surface area contributed by atoms with Crippen LogP contribution in [-0.2, 0) is 4.79 Å². The van der Waals surface area contributed by atoms with Crippen molar-refractivity contribution < 1.29 is 4.79 Å². The van der Waals surface area contributed by atoms with Gasteiger partial charge in [-0.15, -0.1) is 0 Å². The van der Waals surface area contributed by atoms with Crippen LogP contribution in [0.5, 0.6) is 0 Å². The summed E-state index contributed by atoms with van der Waals surface area (Å²) in [5, 5.41) is 0. The van der Waals surface area contributed by atoms with Crippen molar-refractivity contribution in [1.29, 1.82) is 0 Å². The Kier molecular flexibility index (Phi) is 6.56. The molecular weight excluding hydrogens is 212 g/mol. The number of carbonyl (C=O) groups excluding carboxylic acids is 1. The topological polar surface area (TPSA) is 46.3 Å². The first-order valence-electron chi connectivity index (χ1n) is 7.09. The molecule has 1 atom stereocenters. The Bertz CT molecular complexity index is 222. The quantitative estimate of drug-likeness (QED) is 0.775. The van der Waals surface area contributed by atoms with Crippen molar-refractivity contribution in [3.05, 3.63) is 0 Å². The van der Waals surface area contributed by atoms with Crippen LogP contribution in [0.25, 0.3) is 0 Å². The molecule has 0 bridgehead atoms. The summed E-state index contributed by atoms with van der Waals surface area (Å²) in [5.74, 6) is 1.09. The van der Waals surface area contributed by atoms with Crippen molar-refractivity contribution >= 4 is 5.91 Å². The minimum absolute atomic E-state index is 0.184. The highest BCUT2D eigenvalue weighted by molar-refractivity contribution is 5.75. The molecule has 0 aliphatic heterocycles. The molecule has 1 fully saturated rings. The first-order valence-corrected chi connectivity index (χ1v) is 7.09. The molecule has 100 valence electrons. The molecule has 3 heteroatoms. The summed E-state index contributed by atoms with van der Waals surface area (Å²) >= 11 is 0. The van der Waals surface area contributed by atoms with E-state index in [2.05, 4.69) is 0 Å². The molecule has 1 unspecified atom stereocenters. The molecule has 1 aliphatic carbocycles. The molecule has 1 saturated carbocycles. The van der Waals surface area contributed by atoms with E-state index >= 15 is 0 Å². The number of nitrogens with zero attached hydrogens (tertiary/aromatic N) is 1. The standard InChI is InChI=1S/C14H28N2O/c1-12(15)10-11-16(2)14(17)9-8-13-6-4-3-5-7-13/h12-13H,3-11,15H2,1-2H3. The van der Waals surface area contributed by atoms with Crippen LogP contribution in [0.15, 0.2) is 0 Å². The maximum Gasteiger partial charge on any atom is 0.222 e. The van der Waals surface area contributed by atoms with Crippen molar-refractivity contribution in [2.45, 2.75) is 64.3 Å². The molecule has 3 nitrogen and oxygen atoms in total. The fourth-order valence-electron chi connectivity index (χ4n) is 2.52. The Morgan fingerprint density at radius 2 is 2.00 bits per heavy atom. The molecular formula is C14H28N2O. The van der Waals surface area contributed by atoms with Gasteiger partial charge in [-0.3, -0.25) is 4.79 Å². The van der Waals surface area contributed by atoms with Gasteiger partial charge in [-0.25, -0.2) is 0 Å². The van der Waals surface area contributed by atoms with E-state index in [4.69, 9.17) is 5.73 Å². The summed E-state index contributed by atoms with van der Waals surface area (Å²) in [7, 11) is 1.89. The number of nitrogens with two attached hydrogens (primary N) is 1. The van der Waals surface area contributed by atoms with Crippen LogP contribution in [0.1, 0.15) is 58.3 Å². The van der Waals surface area contributed by atoms with E-state index in [1.807, 2.05) is 18.9 Å². The highest BCUT2D eigenvalue weighted by Gasteiger charge is 2.16. The molecule has 0 saturated heterocycles. The summed E-state index contributed by atoms with van der Waals surface area (Å²) in [4.78, 5) is 13.7. The van der Waals surface area contributed by atoms with Gasteiger partial charge in [-0.2, -0.15) is 0 Å². The van der Waals surface area contributed by atoms with Gasteiger partial charge in [0, 0.05) is 26.1 Å². The lowest BCUT2D eigenvalue weighted by molar-refractivity contribution is -0.130. The molecule has 0 radical (unpaired) electrons. The Morgan fingerprint density at radius 3 is 2.59 bits per heavy atom. The smallest absolute Gasteiger partial charge is 0.222 e. The molecule has 2 N–H and O–H groups in total. The van der Waals surface area contributed by atoms with Crippen LogP contribution >= 0.6 is 0 Å². The number of carbonyl (C=O) groups is 1. The molecule has 1 rings (SSSR count). The third-order valence-corrected chi connectivity index (χ3v) is 3.84. The molecule has 17 heavy (non-hydrogen) atoms. The normalized spacial score (nSPS) is 19.0. The van der Waals surface area contributed by atoms with Crippen LogP contribution < -0.4 is 5.73 Å².